The molecule has 8 heteroatoms. The molecule has 1 aromatic carbocycles. The third-order valence-electron chi connectivity index (χ3n) is 4.89. The van der Waals surface area contributed by atoms with Crippen LogP contribution in [0.1, 0.15) is 34.3 Å². The number of para-hydroxylation sites is 1. The summed E-state index contributed by atoms with van der Waals surface area (Å²) >= 11 is 2.81. The maximum Gasteiger partial charge on any atom is 0.261 e. The van der Waals surface area contributed by atoms with E-state index in [1.807, 2.05) is 13.0 Å². The molecule has 3 heterocycles. The number of nitriles is 1. The number of hydrogen-bond donors (Lipinski definition) is 1. The van der Waals surface area contributed by atoms with Gasteiger partial charge in [0.25, 0.3) is 5.91 Å². The first-order valence-corrected chi connectivity index (χ1v) is 11.1. The van der Waals surface area contributed by atoms with E-state index in [2.05, 4.69) is 46.4 Å². The van der Waals surface area contributed by atoms with Crippen molar-refractivity contribution in [2.75, 3.05) is 16.0 Å². The van der Waals surface area contributed by atoms with Crippen LogP contribution in [0.15, 0.2) is 45.2 Å². The highest BCUT2D eigenvalue weighted by Crippen LogP contribution is 2.34. The van der Waals surface area contributed by atoms with E-state index in [1.165, 1.54) is 34.3 Å². The van der Waals surface area contributed by atoms with Crippen molar-refractivity contribution in [3.63, 3.8) is 0 Å². The van der Waals surface area contributed by atoms with Crippen LogP contribution in [0.4, 0.5) is 10.8 Å². The van der Waals surface area contributed by atoms with Gasteiger partial charge in [-0.3, -0.25) is 10.1 Å². The highest BCUT2D eigenvalue weighted by molar-refractivity contribution is 8.01. The quantitative estimate of drug-likeness (QED) is 0.569. The molecule has 1 N–H and O–H groups in total. The van der Waals surface area contributed by atoms with E-state index in [0.717, 1.165) is 16.3 Å². The zero-order valence-electron chi connectivity index (χ0n) is 16.1. The molecule has 0 spiro atoms. The fourth-order valence-electron chi connectivity index (χ4n) is 3.52. The van der Waals surface area contributed by atoms with Crippen LogP contribution in [0.3, 0.4) is 0 Å². The Kier molecular flexibility index (Phi) is 5.60. The molecule has 0 bridgehead atoms. The highest BCUT2D eigenvalue weighted by Gasteiger charge is 2.28. The predicted octanol–water partition coefficient (Wildman–Crippen LogP) is 4.86. The number of fused-ring (bicyclic) bond motifs is 1. The first kappa shape index (κ1) is 19.6. The summed E-state index contributed by atoms with van der Waals surface area (Å²) in [5, 5.41) is 12.2. The van der Waals surface area contributed by atoms with Gasteiger partial charge < -0.3 is 9.32 Å². The van der Waals surface area contributed by atoms with Gasteiger partial charge in [-0.15, -0.1) is 0 Å². The number of nitrogens with zero attached hydrogens (tertiary/aromatic N) is 3. The molecule has 0 fully saturated rings. The van der Waals surface area contributed by atoms with E-state index < -0.39 is 0 Å². The highest BCUT2D eigenvalue weighted by atomic mass is 32.2. The normalized spacial score (nSPS) is 15.2. The van der Waals surface area contributed by atoms with Crippen LogP contribution < -0.4 is 10.2 Å². The largest absolute Gasteiger partial charge is 0.467 e. The summed E-state index contributed by atoms with van der Waals surface area (Å²) in [5.41, 5.74) is 3.84. The number of benzene rings is 1. The monoisotopic (exact) mass is 424 g/mol. The number of aromatic nitrogens is 1. The van der Waals surface area contributed by atoms with Gasteiger partial charge in [0.2, 0.25) is 0 Å². The Hall–Kier alpha value is -2.76. The van der Waals surface area contributed by atoms with Gasteiger partial charge in [0, 0.05) is 11.7 Å². The summed E-state index contributed by atoms with van der Waals surface area (Å²) in [5.74, 6) is 0.760. The van der Waals surface area contributed by atoms with Gasteiger partial charge in [0.1, 0.15) is 5.76 Å². The van der Waals surface area contributed by atoms with E-state index in [-0.39, 0.29) is 5.91 Å². The van der Waals surface area contributed by atoms with Crippen molar-refractivity contribution in [1.29, 1.82) is 5.26 Å². The van der Waals surface area contributed by atoms with E-state index in [1.54, 1.807) is 12.3 Å². The Labute approximate surface area is 177 Å². The molecule has 1 aliphatic rings. The number of hydrogen-bond acceptors (Lipinski definition) is 7. The molecule has 0 saturated heterocycles. The zero-order valence-corrected chi connectivity index (χ0v) is 17.8. The molecule has 4 rings (SSSR count). The Morgan fingerprint density at radius 2 is 2.28 bits per heavy atom. The molecule has 0 radical (unpaired) electrons. The van der Waals surface area contributed by atoms with Gasteiger partial charge in [-0.2, -0.15) is 5.26 Å². The third kappa shape index (κ3) is 4.02. The first-order valence-electron chi connectivity index (χ1n) is 9.26. The van der Waals surface area contributed by atoms with Crippen LogP contribution >= 0.6 is 23.1 Å². The molecule has 1 unspecified atom stereocenters. The minimum atomic E-state index is -0.237. The van der Waals surface area contributed by atoms with Crippen LogP contribution in [-0.4, -0.2) is 22.7 Å². The van der Waals surface area contributed by atoms with Crippen molar-refractivity contribution in [2.45, 2.75) is 37.1 Å². The lowest BCUT2D eigenvalue weighted by Crippen LogP contribution is -2.29. The Morgan fingerprint density at radius 3 is 3.10 bits per heavy atom. The van der Waals surface area contributed by atoms with Crippen LogP contribution in [-0.2, 0) is 13.0 Å². The van der Waals surface area contributed by atoms with Crippen molar-refractivity contribution < 1.29 is 9.21 Å². The van der Waals surface area contributed by atoms with Gasteiger partial charge >= 0.3 is 0 Å². The van der Waals surface area contributed by atoms with Crippen LogP contribution in [0.5, 0.6) is 0 Å². The topological polar surface area (TPSA) is 82.2 Å². The number of anilines is 2. The number of carbonyl (C=O) groups is 1. The molecule has 1 atom stereocenters. The van der Waals surface area contributed by atoms with Gasteiger partial charge in [-0.25, -0.2) is 4.98 Å². The molecular weight excluding hydrogens is 404 g/mol. The second-order valence-corrected chi connectivity index (χ2v) is 9.10. The molecule has 0 aliphatic carbocycles. The Morgan fingerprint density at radius 1 is 1.45 bits per heavy atom. The number of rotatable bonds is 6. The van der Waals surface area contributed by atoms with Crippen LogP contribution in [0, 0.1) is 18.3 Å². The standard InChI is InChI=1S/C21H20N4O2S2/c1-13-11-15-5-3-4-6-17(15)25(13)12-18-16(7-9-27-18)19(26)24-21-23-14(2)20(29-21)28-10-8-22/h3-7,9,13H,10-12H2,1-2H3,(H,23,24,26). The number of amides is 1. The lowest BCUT2D eigenvalue weighted by molar-refractivity contribution is 0.102. The summed E-state index contributed by atoms with van der Waals surface area (Å²) < 4.78 is 6.61. The van der Waals surface area contributed by atoms with Crippen LogP contribution in [0.25, 0.3) is 0 Å². The second kappa shape index (κ2) is 8.31. The van der Waals surface area contributed by atoms with Crippen molar-refractivity contribution in [2.24, 2.45) is 0 Å². The van der Waals surface area contributed by atoms with E-state index >= 15 is 0 Å². The lowest BCUT2D eigenvalue weighted by Gasteiger charge is -2.24. The zero-order chi connectivity index (χ0) is 20.4. The summed E-state index contributed by atoms with van der Waals surface area (Å²) in [7, 11) is 0. The fourth-order valence-corrected chi connectivity index (χ4v) is 5.32. The number of thiazole rings is 1. The average molecular weight is 425 g/mol. The van der Waals surface area contributed by atoms with Crippen LogP contribution in [0.2, 0.25) is 0 Å². The smallest absolute Gasteiger partial charge is 0.261 e. The minimum Gasteiger partial charge on any atom is -0.467 e. The van der Waals surface area contributed by atoms with E-state index in [0.29, 0.717) is 34.8 Å². The van der Waals surface area contributed by atoms with Gasteiger partial charge in [0.15, 0.2) is 5.13 Å². The molecule has 0 saturated carbocycles. The van der Waals surface area contributed by atoms with Gasteiger partial charge in [-0.1, -0.05) is 41.3 Å². The predicted molar refractivity (Wildman–Crippen MR) is 116 cm³/mol. The average Bonchev–Trinajstić information content (AvgIpc) is 3.39. The van der Waals surface area contributed by atoms with Crippen molar-refractivity contribution >= 4 is 39.8 Å². The van der Waals surface area contributed by atoms with Gasteiger partial charge in [0.05, 0.1) is 40.1 Å². The molecular formula is C21H20N4O2S2. The number of nitrogens with one attached hydrogen (secondary N) is 1. The molecule has 1 aliphatic heterocycles. The summed E-state index contributed by atoms with van der Waals surface area (Å²) in [6.45, 7) is 4.59. The lowest BCUT2D eigenvalue weighted by atomic mass is 10.1. The number of furan rings is 1. The number of aryl methyl sites for hydroxylation is 1. The van der Waals surface area contributed by atoms with Crippen molar-refractivity contribution in [3.05, 3.63) is 59.2 Å². The molecule has 3 aromatic rings. The maximum absolute atomic E-state index is 12.8. The summed E-state index contributed by atoms with van der Waals surface area (Å²) in [4.78, 5) is 19.5. The second-order valence-electron chi connectivity index (χ2n) is 6.86. The Bertz CT molecular complexity index is 1080. The molecule has 2 aromatic heterocycles. The summed E-state index contributed by atoms with van der Waals surface area (Å²) in [6, 6.07) is 12.5. The van der Waals surface area contributed by atoms with E-state index in [9.17, 15) is 4.79 Å². The SMILES string of the molecule is Cc1nc(NC(=O)c2ccoc2CN2c3ccccc3CC2C)sc1SCC#N. The summed E-state index contributed by atoms with van der Waals surface area (Å²) in [6.07, 6.45) is 2.54. The van der Waals surface area contributed by atoms with Crippen molar-refractivity contribution in [3.8, 4) is 6.07 Å². The first-order chi connectivity index (χ1) is 14.1. The van der Waals surface area contributed by atoms with Crippen molar-refractivity contribution in [1.82, 2.24) is 4.98 Å². The Balaban J connectivity index is 1.50. The van der Waals surface area contributed by atoms with Gasteiger partial charge in [-0.05, 0) is 38.0 Å². The molecule has 29 heavy (non-hydrogen) atoms. The molecule has 6 nitrogen and oxygen atoms in total. The minimum absolute atomic E-state index is 0.237. The number of thioether (sulfide) groups is 1. The molecule has 1 amide bonds. The van der Waals surface area contributed by atoms with E-state index in [4.69, 9.17) is 9.68 Å². The molecule has 148 valence electrons. The third-order valence-corrected chi connectivity index (χ3v) is 7.20. The maximum atomic E-state index is 12.8. The number of carbonyl (C=O) groups excluding carboxylic acids is 1. The fraction of sp³-hybridized carbons (Fsp3) is 0.286.